The zero-order valence-corrected chi connectivity index (χ0v) is 11.8. The quantitative estimate of drug-likeness (QED) is 0.861. The summed E-state index contributed by atoms with van der Waals surface area (Å²) in [7, 11) is 1.74. The van der Waals surface area contributed by atoms with E-state index in [1.807, 2.05) is 12.1 Å². The summed E-state index contributed by atoms with van der Waals surface area (Å²) in [6, 6.07) is 8.99. The van der Waals surface area contributed by atoms with Crippen molar-refractivity contribution in [3.8, 4) is 5.75 Å². The van der Waals surface area contributed by atoms with Crippen LogP contribution in [0.2, 0.25) is 0 Å². The molecule has 1 aromatic rings. The number of para-hydroxylation sites is 1. The SMILES string of the molecule is COc1ccccc1CCNC1CCC(C)(C)C1. The highest BCUT2D eigenvalue weighted by atomic mass is 16.5. The molecule has 1 atom stereocenters. The van der Waals surface area contributed by atoms with E-state index in [0.29, 0.717) is 11.5 Å². The average molecular weight is 247 g/mol. The normalized spacial score (nSPS) is 22.1. The van der Waals surface area contributed by atoms with Crippen LogP contribution in [0.15, 0.2) is 24.3 Å². The van der Waals surface area contributed by atoms with Gasteiger partial charge in [0.15, 0.2) is 0 Å². The van der Waals surface area contributed by atoms with E-state index in [4.69, 9.17) is 4.74 Å². The molecular formula is C16H25NO. The van der Waals surface area contributed by atoms with Gasteiger partial charge in [-0.25, -0.2) is 0 Å². The molecule has 2 rings (SSSR count). The molecule has 0 amide bonds. The average Bonchev–Trinajstić information content (AvgIpc) is 2.69. The summed E-state index contributed by atoms with van der Waals surface area (Å²) in [5.41, 5.74) is 1.83. The van der Waals surface area contributed by atoms with Gasteiger partial charge in [-0.05, 0) is 49.3 Å². The van der Waals surface area contributed by atoms with Crippen LogP contribution < -0.4 is 10.1 Å². The summed E-state index contributed by atoms with van der Waals surface area (Å²) in [5.74, 6) is 1.01. The molecule has 1 saturated carbocycles. The van der Waals surface area contributed by atoms with E-state index in [-0.39, 0.29) is 0 Å². The lowest BCUT2D eigenvalue weighted by Crippen LogP contribution is -2.29. The smallest absolute Gasteiger partial charge is 0.122 e. The van der Waals surface area contributed by atoms with Crippen molar-refractivity contribution in [1.29, 1.82) is 0 Å². The third kappa shape index (κ3) is 3.49. The van der Waals surface area contributed by atoms with Crippen LogP contribution >= 0.6 is 0 Å². The zero-order valence-electron chi connectivity index (χ0n) is 11.8. The lowest BCUT2D eigenvalue weighted by atomic mass is 9.92. The number of hydrogen-bond acceptors (Lipinski definition) is 2. The molecule has 2 heteroatoms. The Bertz CT molecular complexity index is 386. The van der Waals surface area contributed by atoms with Crippen molar-refractivity contribution in [3.63, 3.8) is 0 Å². The number of nitrogens with one attached hydrogen (secondary N) is 1. The van der Waals surface area contributed by atoms with Crippen LogP contribution in [0.5, 0.6) is 5.75 Å². The molecule has 0 aliphatic heterocycles. The van der Waals surface area contributed by atoms with Crippen molar-refractivity contribution < 1.29 is 4.74 Å². The number of rotatable bonds is 5. The summed E-state index contributed by atoms with van der Waals surface area (Å²) >= 11 is 0. The molecule has 1 fully saturated rings. The second kappa shape index (κ2) is 5.75. The minimum absolute atomic E-state index is 0.530. The standard InChI is InChI=1S/C16H25NO/c1-16(2)10-8-14(12-16)17-11-9-13-6-4-5-7-15(13)18-3/h4-7,14,17H,8-12H2,1-3H3. The van der Waals surface area contributed by atoms with Gasteiger partial charge < -0.3 is 10.1 Å². The Morgan fingerprint density at radius 2 is 2.11 bits per heavy atom. The highest BCUT2D eigenvalue weighted by molar-refractivity contribution is 5.33. The molecule has 2 nitrogen and oxygen atoms in total. The van der Waals surface area contributed by atoms with Crippen LogP contribution in [0.25, 0.3) is 0 Å². The van der Waals surface area contributed by atoms with Crippen molar-refractivity contribution in [1.82, 2.24) is 5.32 Å². The van der Waals surface area contributed by atoms with Crippen LogP contribution in [-0.2, 0) is 6.42 Å². The Morgan fingerprint density at radius 1 is 1.33 bits per heavy atom. The van der Waals surface area contributed by atoms with E-state index >= 15 is 0 Å². The predicted molar refractivity (Wildman–Crippen MR) is 76.1 cm³/mol. The number of ether oxygens (including phenoxy) is 1. The minimum Gasteiger partial charge on any atom is -0.496 e. The second-order valence-electron chi connectivity index (χ2n) is 6.12. The van der Waals surface area contributed by atoms with Crippen molar-refractivity contribution in [2.45, 2.75) is 45.6 Å². The van der Waals surface area contributed by atoms with Crippen LogP contribution in [-0.4, -0.2) is 19.7 Å². The Labute approximate surface area is 111 Å². The van der Waals surface area contributed by atoms with Gasteiger partial charge in [-0.15, -0.1) is 0 Å². The first-order chi connectivity index (χ1) is 8.61. The molecule has 1 N–H and O–H groups in total. The highest BCUT2D eigenvalue weighted by Crippen LogP contribution is 2.36. The second-order valence-corrected chi connectivity index (χ2v) is 6.12. The maximum absolute atomic E-state index is 5.37. The Balaban J connectivity index is 1.79. The first-order valence-corrected chi connectivity index (χ1v) is 6.96. The highest BCUT2D eigenvalue weighted by Gasteiger charge is 2.30. The summed E-state index contributed by atoms with van der Waals surface area (Å²) in [6.45, 7) is 5.78. The van der Waals surface area contributed by atoms with E-state index in [1.54, 1.807) is 7.11 Å². The predicted octanol–water partition coefficient (Wildman–Crippen LogP) is 3.41. The van der Waals surface area contributed by atoms with Gasteiger partial charge in [0.2, 0.25) is 0 Å². The molecule has 0 aromatic heterocycles. The molecule has 1 unspecified atom stereocenters. The number of methoxy groups -OCH3 is 1. The van der Waals surface area contributed by atoms with Gasteiger partial charge in [0.25, 0.3) is 0 Å². The molecule has 0 heterocycles. The third-order valence-electron chi connectivity index (χ3n) is 3.99. The molecule has 1 aliphatic rings. The Hall–Kier alpha value is -1.02. The van der Waals surface area contributed by atoms with Crippen molar-refractivity contribution in [2.75, 3.05) is 13.7 Å². The zero-order chi connectivity index (χ0) is 13.0. The molecule has 18 heavy (non-hydrogen) atoms. The van der Waals surface area contributed by atoms with Crippen LogP contribution in [0.1, 0.15) is 38.7 Å². The lowest BCUT2D eigenvalue weighted by Gasteiger charge is -2.18. The van der Waals surface area contributed by atoms with E-state index < -0.39 is 0 Å². The fourth-order valence-electron chi connectivity index (χ4n) is 2.93. The Morgan fingerprint density at radius 3 is 2.78 bits per heavy atom. The first-order valence-electron chi connectivity index (χ1n) is 6.96. The summed E-state index contributed by atoms with van der Waals surface area (Å²) < 4.78 is 5.37. The van der Waals surface area contributed by atoms with Crippen LogP contribution in [0.4, 0.5) is 0 Å². The molecule has 1 aliphatic carbocycles. The minimum atomic E-state index is 0.530. The van der Waals surface area contributed by atoms with E-state index in [1.165, 1.54) is 24.8 Å². The molecule has 0 spiro atoms. The third-order valence-corrected chi connectivity index (χ3v) is 3.99. The fraction of sp³-hybridized carbons (Fsp3) is 0.625. The number of benzene rings is 1. The molecule has 0 bridgehead atoms. The summed E-state index contributed by atoms with van der Waals surface area (Å²) in [5, 5.41) is 3.68. The fourth-order valence-corrected chi connectivity index (χ4v) is 2.93. The van der Waals surface area contributed by atoms with Gasteiger partial charge in [-0.3, -0.25) is 0 Å². The summed E-state index contributed by atoms with van der Waals surface area (Å²) in [4.78, 5) is 0. The maximum Gasteiger partial charge on any atom is 0.122 e. The van der Waals surface area contributed by atoms with Gasteiger partial charge in [-0.2, -0.15) is 0 Å². The molecule has 0 radical (unpaired) electrons. The van der Waals surface area contributed by atoms with Crippen molar-refractivity contribution >= 4 is 0 Å². The van der Waals surface area contributed by atoms with E-state index in [9.17, 15) is 0 Å². The monoisotopic (exact) mass is 247 g/mol. The largest absolute Gasteiger partial charge is 0.496 e. The lowest BCUT2D eigenvalue weighted by molar-refractivity contribution is 0.364. The maximum atomic E-state index is 5.37. The van der Waals surface area contributed by atoms with Crippen LogP contribution in [0, 0.1) is 5.41 Å². The van der Waals surface area contributed by atoms with Gasteiger partial charge >= 0.3 is 0 Å². The Kier molecular flexibility index (Phi) is 4.28. The van der Waals surface area contributed by atoms with Crippen molar-refractivity contribution in [3.05, 3.63) is 29.8 Å². The van der Waals surface area contributed by atoms with Gasteiger partial charge in [0.05, 0.1) is 7.11 Å². The van der Waals surface area contributed by atoms with Gasteiger partial charge in [0.1, 0.15) is 5.75 Å². The van der Waals surface area contributed by atoms with E-state index in [2.05, 4.69) is 31.3 Å². The molecule has 100 valence electrons. The summed E-state index contributed by atoms with van der Waals surface area (Å²) in [6.07, 6.45) is 5.01. The van der Waals surface area contributed by atoms with Crippen LogP contribution in [0.3, 0.4) is 0 Å². The van der Waals surface area contributed by atoms with Crippen molar-refractivity contribution in [2.24, 2.45) is 5.41 Å². The molecular weight excluding hydrogens is 222 g/mol. The van der Waals surface area contributed by atoms with E-state index in [0.717, 1.165) is 18.7 Å². The number of hydrogen-bond donors (Lipinski definition) is 1. The molecule has 1 aromatic carbocycles. The first kappa shape index (κ1) is 13.4. The van der Waals surface area contributed by atoms with Gasteiger partial charge in [-0.1, -0.05) is 32.0 Å². The van der Waals surface area contributed by atoms with Gasteiger partial charge in [0, 0.05) is 6.04 Å². The topological polar surface area (TPSA) is 21.3 Å². The molecule has 0 saturated heterocycles.